The molecule has 3 N–H and O–H groups in total. The van der Waals surface area contributed by atoms with Crippen LogP contribution in [-0.2, 0) is 20.9 Å². The van der Waals surface area contributed by atoms with E-state index in [9.17, 15) is 34.7 Å². The molecule has 0 fully saturated rings. The van der Waals surface area contributed by atoms with E-state index in [1.54, 1.807) is 21.9 Å². The lowest BCUT2D eigenvalue weighted by atomic mass is 10.2. The first-order valence-corrected chi connectivity index (χ1v) is 10.6. The molecular weight excluding hydrogens is 450 g/mol. The SMILES string of the molecule is O=C(O)CN1/C=C\N(CC(=O)O)CCN(Cc2ccc([N+](=O)[O-])cc2)CCN(CC(=O)O)CC1. The van der Waals surface area contributed by atoms with Gasteiger partial charge in [0.15, 0.2) is 0 Å². The molecule has 0 aromatic heterocycles. The van der Waals surface area contributed by atoms with Crippen LogP contribution in [0.3, 0.4) is 0 Å². The zero-order valence-corrected chi connectivity index (χ0v) is 18.7. The van der Waals surface area contributed by atoms with Crippen molar-refractivity contribution in [1.29, 1.82) is 0 Å². The van der Waals surface area contributed by atoms with Gasteiger partial charge in [0.25, 0.3) is 5.69 Å². The fourth-order valence-corrected chi connectivity index (χ4v) is 3.48. The Kier molecular flexibility index (Phi) is 10.2. The number of carbonyl (C=O) groups is 3. The summed E-state index contributed by atoms with van der Waals surface area (Å²) in [5.41, 5.74) is 0.809. The number of hydrogen-bond donors (Lipinski definition) is 3. The molecule has 0 aliphatic carbocycles. The van der Waals surface area contributed by atoms with Gasteiger partial charge in [0.05, 0.1) is 11.5 Å². The van der Waals surface area contributed by atoms with Gasteiger partial charge in [0.1, 0.15) is 13.1 Å². The van der Waals surface area contributed by atoms with Crippen LogP contribution in [0.1, 0.15) is 5.56 Å². The molecule has 13 heteroatoms. The summed E-state index contributed by atoms with van der Waals surface area (Å²) in [5, 5.41) is 38.6. The van der Waals surface area contributed by atoms with Crippen LogP contribution in [0.15, 0.2) is 36.7 Å². The van der Waals surface area contributed by atoms with Crippen molar-refractivity contribution in [2.45, 2.75) is 6.54 Å². The Morgan fingerprint density at radius 1 is 0.735 bits per heavy atom. The summed E-state index contributed by atoms with van der Waals surface area (Å²) < 4.78 is 0. The predicted octanol–water partition coefficient (Wildman–Crippen LogP) is 0.0414. The topological polar surface area (TPSA) is 168 Å². The molecule has 1 aromatic rings. The molecule has 0 radical (unpaired) electrons. The van der Waals surface area contributed by atoms with Crippen molar-refractivity contribution in [1.82, 2.24) is 19.6 Å². The van der Waals surface area contributed by atoms with Crippen molar-refractivity contribution in [3.05, 3.63) is 52.3 Å². The summed E-state index contributed by atoms with van der Waals surface area (Å²) in [5.74, 6) is -3.08. The number of carboxylic acid groups (broad SMARTS) is 3. The molecule has 1 aliphatic heterocycles. The van der Waals surface area contributed by atoms with Crippen LogP contribution < -0.4 is 0 Å². The number of benzene rings is 1. The Bertz CT molecular complexity index is 892. The first-order chi connectivity index (χ1) is 16.1. The second-order valence-electron chi connectivity index (χ2n) is 7.90. The van der Waals surface area contributed by atoms with E-state index in [0.717, 1.165) is 5.56 Å². The Morgan fingerprint density at radius 3 is 1.65 bits per heavy atom. The average molecular weight is 479 g/mol. The second kappa shape index (κ2) is 13.1. The number of aliphatic carboxylic acids is 3. The van der Waals surface area contributed by atoms with Gasteiger partial charge in [0.2, 0.25) is 0 Å². The van der Waals surface area contributed by atoms with Crippen LogP contribution in [0.5, 0.6) is 0 Å². The minimum absolute atomic E-state index is 0.0197. The molecule has 13 nitrogen and oxygen atoms in total. The third kappa shape index (κ3) is 9.83. The monoisotopic (exact) mass is 479 g/mol. The zero-order chi connectivity index (χ0) is 25.1. The van der Waals surface area contributed by atoms with E-state index < -0.39 is 22.8 Å². The Morgan fingerprint density at radius 2 is 1.18 bits per heavy atom. The standard InChI is InChI=1S/C21H29N5O8/c27-19(28)14-23-7-5-22(13-17-1-3-18(4-2-17)26(33)34)6-8-24(15-20(29)30)10-12-25(11-9-23)16-21(31)32/h1-4,9,11H,5-8,10,12-16H2,(H,27,28)(H,29,30)(H,31,32)/b11-9-. The molecule has 2 rings (SSSR count). The van der Waals surface area contributed by atoms with E-state index in [4.69, 9.17) is 5.11 Å². The summed E-state index contributed by atoms with van der Waals surface area (Å²) in [7, 11) is 0. The first kappa shape index (κ1) is 26.5. The van der Waals surface area contributed by atoms with E-state index in [0.29, 0.717) is 39.3 Å². The van der Waals surface area contributed by atoms with Gasteiger partial charge in [0, 0.05) is 70.3 Å². The third-order valence-electron chi connectivity index (χ3n) is 5.22. The lowest BCUT2D eigenvalue weighted by Crippen LogP contribution is -2.44. The normalized spacial score (nSPS) is 17.4. The summed E-state index contributed by atoms with van der Waals surface area (Å²) >= 11 is 0. The smallest absolute Gasteiger partial charge is 0.323 e. The highest BCUT2D eigenvalue weighted by Gasteiger charge is 2.17. The minimum Gasteiger partial charge on any atom is -0.480 e. The summed E-state index contributed by atoms with van der Waals surface area (Å²) in [6, 6.07) is 6.14. The highest BCUT2D eigenvalue weighted by atomic mass is 16.6. The number of non-ortho nitro benzene ring substituents is 1. The van der Waals surface area contributed by atoms with Crippen molar-refractivity contribution < 1.29 is 34.6 Å². The highest BCUT2D eigenvalue weighted by molar-refractivity contribution is 5.70. The van der Waals surface area contributed by atoms with Crippen LogP contribution in [0.2, 0.25) is 0 Å². The molecule has 1 aromatic carbocycles. The van der Waals surface area contributed by atoms with Gasteiger partial charge < -0.3 is 25.1 Å². The number of rotatable bonds is 9. The molecular formula is C21H29N5O8. The average Bonchev–Trinajstić information content (AvgIpc) is 2.74. The highest BCUT2D eigenvalue weighted by Crippen LogP contribution is 2.14. The summed E-state index contributed by atoms with van der Waals surface area (Å²) in [4.78, 5) is 51.0. The number of nitrogens with zero attached hydrogens (tertiary/aromatic N) is 5. The van der Waals surface area contributed by atoms with E-state index >= 15 is 0 Å². The number of nitro groups is 1. The van der Waals surface area contributed by atoms with Gasteiger partial charge in [-0.25, -0.2) is 0 Å². The Labute approximate surface area is 196 Å². The van der Waals surface area contributed by atoms with Crippen LogP contribution in [0.4, 0.5) is 5.69 Å². The fourth-order valence-electron chi connectivity index (χ4n) is 3.48. The molecule has 0 atom stereocenters. The predicted molar refractivity (Wildman–Crippen MR) is 120 cm³/mol. The van der Waals surface area contributed by atoms with Crippen LogP contribution >= 0.6 is 0 Å². The van der Waals surface area contributed by atoms with Crippen molar-refractivity contribution in [2.24, 2.45) is 0 Å². The second-order valence-corrected chi connectivity index (χ2v) is 7.90. The number of carboxylic acids is 3. The Hall–Kier alpha value is -3.71. The van der Waals surface area contributed by atoms with Gasteiger partial charge >= 0.3 is 17.9 Å². The molecule has 0 saturated heterocycles. The van der Waals surface area contributed by atoms with E-state index in [2.05, 4.69) is 0 Å². The Balaban J connectivity index is 2.22. The van der Waals surface area contributed by atoms with E-state index in [1.165, 1.54) is 29.4 Å². The molecule has 0 bridgehead atoms. The van der Waals surface area contributed by atoms with Crippen molar-refractivity contribution in [3.8, 4) is 0 Å². The molecule has 186 valence electrons. The lowest BCUT2D eigenvalue weighted by molar-refractivity contribution is -0.384. The molecule has 34 heavy (non-hydrogen) atoms. The van der Waals surface area contributed by atoms with Gasteiger partial charge in [-0.3, -0.25) is 34.3 Å². The van der Waals surface area contributed by atoms with Crippen molar-refractivity contribution in [3.63, 3.8) is 0 Å². The maximum absolute atomic E-state index is 11.3. The van der Waals surface area contributed by atoms with Crippen LogP contribution in [0, 0.1) is 10.1 Å². The minimum atomic E-state index is -1.06. The number of nitro benzene ring substituents is 1. The van der Waals surface area contributed by atoms with Crippen LogP contribution in [0.25, 0.3) is 0 Å². The van der Waals surface area contributed by atoms with E-state index in [-0.39, 0.29) is 31.9 Å². The van der Waals surface area contributed by atoms with Crippen molar-refractivity contribution in [2.75, 3.05) is 58.9 Å². The first-order valence-electron chi connectivity index (χ1n) is 10.6. The van der Waals surface area contributed by atoms with Gasteiger partial charge in [-0.1, -0.05) is 12.1 Å². The van der Waals surface area contributed by atoms with Gasteiger partial charge in [-0.2, -0.15) is 0 Å². The van der Waals surface area contributed by atoms with E-state index in [1.807, 2.05) is 4.90 Å². The molecule has 0 amide bonds. The summed E-state index contributed by atoms with van der Waals surface area (Å²) in [6.45, 7) is 1.84. The molecule has 0 unspecified atom stereocenters. The number of hydrogen-bond acceptors (Lipinski definition) is 9. The van der Waals surface area contributed by atoms with Gasteiger partial charge in [-0.15, -0.1) is 0 Å². The summed E-state index contributed by atoms with van der Waals surface area (Å²) in [6.07, 6.45) is 3.04. The fraction of sp³-hybridized carbons (Fsp3) is 0.476. The zero-order valence-electron chi connectivity index (χ0n) is 18.7. The molecule has 0 spiro atoms. The largest absolute Gasteiger partial charge is 0.480 e. The third-order valence-corrected chi connectivity index (χ3v) is 5.22. The van der Waals surface area contributed by atoms with Crippen LogP contribution in [-0.4, -0.2) is 117 Å². The van der Waals surface area contributed by atoms with Crippen molar-refractivity contribution >= 4 is 23.6 Å². The van der Waals surface area contributed by atoms with Gasteiger partial charge in [-0.05, 0) is 5.56 Å². The lowest BCUT2D eigenvalue weighted by Gasteiger charge is -2.31. The molecule has 0 saturated carbocycles. The quantitative estimate of drug-likeness (QED) is 0.322. The maximum Gasteiger partial charge on any atom is 0.323 e. The maximum atomic E-state index is 11.3. The molecule has 1 aliphatic rings. The molecule has 1 heterocycles.